The van der Waals surface area contributed by atoms with Crippen molar-refractivity contribution in [2.45, 2.75) is 32.1 Å². The molecule has 0 saturated carbocycles. The maximum Gasteiger partial charge on any atom is 0.243 e. The molecule has 0 aliphatic carbocycles. The number of hydrogen-bond acceptors (Lipinski definition) is 4. The molecule has 1 amide bonds. The quantitative estimate of drug-likeness (QED) is 0.437. The van der Waals surface area contributed by atoms with Crippen LogP contribution in [-0.2, 0) is 11.2 Å². The molecular weight excluding hydrogens is 352 g/mol. The van der Waals surface area contributed by atoms with Crippen LogP contribution in [0.15, 0.2) is 34.9 Å². The van der Waals surface area contributed by atoms with Gasteiger partial charge in [0.15, 0.2) is 0 Å². The maximum absolute atomic E-state index is 10.9. The number of hydrogen-bond donors (Lipinski definition) is 2. The number of nitrogens with one attached hydrogen (secondary N) is 1. The summed E-state index contributed by atoms with van der Waals surface area (Å²) in [5.74, 6) is -0.318. The highest BCUT2D eigenvalue weighted by Crippen LogP contribution is 2.28. The van der Waals surface area contributed by atoms with Crippen molar-refractivity contribution in [2.75, 3.05) is 0 Å². The van der Waals surface area contributed by atoms with E-state index in [0.29, 0.717) is 6.42 Å². The molecule has 0 aliphatic rings. The number of nitrogens with zero attached hydrogens (tertiary/aromatic N) is 1. The third-order valence-electron chi connectivity index (χ3n) is 3.10. The molecule has 1 heterocycles. The Morgan fingerprint density at radius 2 is 2.00 bits per heavy atom. The largest absolute Gasteiger partial charge is 0.289 e. The van der Waals surface area contributed by atoms with E-state index in [-0.39, 0.29) is 5.91 Å². The normalized spacial score (nSPS) is 10.6. The molecule has 2 rings (SSSR count). The highest BCUT2D eigenvalue weighted by molar-refractivity contribution is 9.10. The number of hydroxylamine groups is 1. The molecule has 1 aromatic carbocycles. The van der Waals surface area contributed by atoms with Gasteiger partial charge in [-0.2, -0.15) is 0 Å². The first-order valence-electron chi connectivity index (χ1n) is 6.82. The number of benzene rings is 1. The Labute approximate surface area is 136 Å². The predicted molar refractivity (Wildman–Crippen MR) is 87.4 cm³/mol. The van der Waals surface area contributed by atoms with Gasteiger partial charge in [-0.1, -0.05) is 34.5 Å². The number of aromatic nitrogens is 1. The zero-order valence-electron chi connectivity index (χ0n) is 11.5. The Bertz CT molecular complexity index is 584. The van der Waals surface area contributed by atoms with Gasteiger partial charge in [-0.15, -0.1) is 11.3 Å². The summed E-state index contributed by atoms with van der Waals surface area (Å²) in [4.78, 5) is 16.5. The molecule has 2 N–H and O–H groups in total. The third kappa shape index (κ3) is 5.22. The van der Waals surface area contributed by atoms with Crippen LogP contribution in [0.3, 0.4) is 0 Å². The first-order valence-corrected chi connectivity index (χ1v) is 8.43. The minimum Gasteiger partial charge on any atom is -0.289 e. The number of amides is 1. The van der Waals surface area contributed by atoms with Crippen molar-refractivity contribution >= 4 is 33.2 Å². The fourth-order valence-electron chi connectivity index (χ4n) is 1.97. The maximum atomic E-state index is 10.9. The molecule has 0 spiro atoms. The predicted octanol–water partition coefficient (Wildman–Crippen LogP) is 4.18. The SMILES string of the molecule is O=C(CCCCCc1ncc(-c2ccc(Br)cc2)s1)NO. The first kappa shape index (κ1) is 16.1. The summed E-state index contributed by atoms with van der Waals surface area (Å²) < 4.78 is 1.07. The smallest absolute Gasteiger partial charge is 0.243 e. The van der Waals surface area contributed by atoms with Crippen LogP contribution in [0.25, 0.3) is 10.4 Å². The van der Waals surface area contributed by atoms with Gasteiger partial charge >= 0.3 is 0 Å². The van der Waals surface area contributed by atoms with E-state index < -0.39 is 0 Å². The van der Waals surface area contributed by atoms with E-state index in [1.165, 1.54) is 10.4 Å². The van der Waals surface area contributed by atoms with Crippen molar-refractivity contribution in [3.8, 4) is 10.4 Å². The molecule has 6 heteroatoms. The Morgan fingerprint density at radius 1 is 1.24 bits per heavy atom. The van der Waals surface area contributed by atoms with Crippen LogP contribution < -0.4 is 5.48 Å². The van der Waals surface area contributed by atoms with Gasteiger partial charge in [0.05, 0.1) is 9.88 Å². The number of carbonyl (C=O) groups is 1. The fourth-order valence-corrected chi connectivity index (χ4v) is 3.20. The summed E-state index contributed by atoms with van der Waals surface area (Å²) in [7, 11) is 0. The molecule has 112 valence electrons. The van der Waals surface area contributed by atoms with Crippen LogP contribution in [0.2, 0.25) is 0 Å². The fraction of sp³-hybridized carbons (Fsp3) is 0.333. The van der Waals surface area contributed by atoms with E-state index in [1.807, 2.05) is 18.3 Å². The molecule has 0 aliphatic heterocycles. The van der Waals surface area contributed by atoms with Crippen LogP contribution in [0.4, 0.5) is 0 Å². The molecule has 2 aromatic rings. The monoisotopic (exact) mass is 368 g/mol. The molecule has 0 saturated heterocycles. The van der Waals surface area contributed by atoms with Crippen molar-refractivity contribution in [1.29, 1.82) is 0 Å². The summed E-state index contributed by atoms with van der Waals surface area (Å²) in [5.41, 5.74) is 2.83. The number of rotatable bonds is 7. The summed E-state index contributed by atoms with van der Waals surface area (Å²) in [5, 5.41) is 9.51. The molecule has 0 unspecified atom stereocenters. The lowest BCUT2D eigenvalue weighted by Gasteiger charge is -1.99. The summed E-state index contributed by atoms with van der Waals surface area (Å²) in [6, 6.07) is 8.21. The summed E-state index contributed by atoms with van der Waals surface area (Å²) in [6.45, 7) is 0. The highest BCUT2D eigenvalue weighted by Gasteiger charge is 2.05. The van der Waals surface area contributed by atoms with E-state index in [1.54, 1.807) is 16.8 Å². The lowest BCUT2D eigenvalue weighted by molar-refractivity contribution is -0.129. The van der Waals surface area contributed by atoms with Crippen LogP contribution in [0, 0.1) is 0 Å². The van der Waals surface area contributed by atoms with Gasteiger partial charge in [0.1, 0.15) is 0 Å². The minimum atomic E-state index is -0.318. The molecule has 21 heavy (non-hydrogen) atoms. The molecule has 0 atom stereocenters. The average Bonchev–Trinajstić information content (AvgIpc) is 2.96. The van der Waals surface area contributed by atoms with Gasteiger partial charge < -0.3 is 0 Å². The van der Waals surface area contributed by atoms with Crippen LogP contribution in [0.5, 0.6) is 0 Å². The van der Waals surface area contributed by atoms with Gasteiger partial charge in [-0.25, -0.2) is 10.5 Å². The number of halogens is 1. The van der Waals surface area contributed by atoms with E-state index in [9.17, 15) is 4.79 Å². The lowest BCUT2D eigenvalue weighted by atomic mass is 10.1. The zero-order chi connectivity index (χ0) is 15.1. The molecule has 0 fully saturated rings. The van der Waals surface area contributed by atoms with E-state index >= 15 is 0 Å². The van der Waals surface area contributed by atoms with Crippen molar-refractivity contribution < 1.29 is 10.0 Å². The number of thiazole rings is 1. The van der Waals surface area contributed by atoms with Gasteiger partial charge in [0.2, 0.25) is 5.91 Å². The van der Waals surface area contributed by atoms with Crippen LogP contribution in [0.1, 0.15) is 30.7 Å². The van der Waals surface area contributed by atoms with Crippen LogP contribution >= 0.6 is 27.3 Å². The Kier molecular flexibility index (Phi) is 6.35. The lowest BCUT2D eigenvalue weighted by Crippen LogP contribution is -2.17. The summed E-state index contributed by atoms with van der Waals surface area (Å²) in [6.07, 6.45) is 5.98. The molecular formula is C15H17BrN2O2S. The van der Waals surface area contributed by atoms with Crippen LogP contribution in [-0.4, -0.2) is 16.1 Å². The molecule has 0 radical (unpaired) electrons. The first-order chi connectivity index (χ1) is 10.2. The summed E-state index contributed by atoms with van der Waals surface area (Å²) >= 11 is 5.15. The topological polar surface area (TPSA) is 62.2 Å². The van der Waals surface area contributed by atoms with E-state index in [2.05, 4.69) is 33.0 Å². The molecule has 1 aromatic heterocycles. The third-order valence-corrected chi connectivity index (χ3v) is 4.74. The van der Waals surface area contributed by atoms with Crippen molar-refractivity contribution in [2.24, 2.45) is 0 Å². The van der Waals surface area contributed by atoms with E-state index in [4.69, 9.17) is 5.21 Å². The van der Waals surface area contributed by atoms with Crippen molar-refractivity contribution in [3.05, 3.63) is 39.9 Å². The van der Waals surface area contributed by atoms with Gasteiger partial charge in [-0.3, -0.25) is 10.0 Å². The Morgan fingerprint density at radius 3 is 2.71 bits per heavy atom. The molecule has 0 bridgehead atoms. The number of carbonyl (C=O) groups excluding carboxylic acids is 1. The number of aryl methyl sites for hydroxylation is 1. The Balaban J connectivity index is 1.78. The van der Waals surface area contributed by atoms with Gasteiger partial charge in [0.25, 0.3) is 0 Å². The standard InChI is InChI=1S/C15H17BrN2O2S/c16-12-8-6-11(7-9-12)13-10-17-15(21-13)5-3-1-2-4-14(19)18-20/h6-10,20H,1-5H2,(H,18,19). The Hall–Kier alpha value is -1.24. The second-order valence-corrected chi connectivity index (χ2v) is 6.75. The highest BCUT2D eigenvalue weighted by atomic mass is 79.9. The van der Waals surface area contributed by atoms with Gasteiger partial charge in [-0.05, 0) is 37.0 Å². The van der Waals surface area contributed by atoms with Gasteiger partial charge in [0, 0.05) is 17.1 Å². The zero-order valence-corrected chi connectivity index (χ0v) is 13.9. The molecule has 4 nitrogen and oxygen atoms in total. The van der Waals surface area contributed by atoms with E-state index in [0.717, 1.165) is 35.2 Å². The number of unbranched alkanes of at least 4 members (excludes halogenated alkanes) is 2. The minimum absolute atomic E-state index is 0.318. The van der Waals surface area contributed by atoms with Crippen molar-refractivity contribution in [3.63, 3.8) is 0 Å². The van der Waals surface area contributed by atoms with Crippen molar-refractivity contribution in [1.82, 2.24) is 10.5 Å². The second-order valence-electron chi connectivity index (χ2n) is 4.72. The average molecular weight is 369 g/mol. The second kappa shape index (κ2) is 8.26.